The Morgan fingerprint density at radius 1 is 0.973 bits per heavy atom. The van der Waals surface area contributed by atoms with E-state index in [0.717, 1.165) is 35.0 Å². The van der Waals surface area contributed by atoms with E-state index in [0.29, 0.717) is 18.2 Å². The molecule has 0 bridgehead atoms. The van der Waals surface area contributed by atoms with E-state index in [1.165, 1.54) is 39.6 Å². The number of hydrogen-bond donors (Lipinski definition) is 0. The second-order valence-electron chi connectivity index (χ2n) is 9.90. The summed E-state index contributed by atoms with van der Waals surface area (Å²) in [6, 6.07) is 23.3. The fourth-order valence-corrected chi connectivity index (χ4v) is 5.88. The highest BCUT2D eigenvalue weighted by atomic mass is 32.2. The van der Waals surface area contributed by atoms with E-state index in [1.807, 2.05) is 17.9 Å². The van der Waals surface area contributed by atoms with Crippen LogP contribution in [0, 0.1) is 13.8 Å². The zero-order valence-electron chi connectivity index (χ0n) is 21.3. The number of fused-ring (bicyclic) bond motifs is 4. The van der Waals surface area contributed by atoms with Crippen LogP contribution in [0.5, 0.6) is 0 Å². The number of nitrogens with zero attached hydrogens (tertiary/aromatic N) is 5. The second-order valence-corrected chi connectivity index (χ2v) is 11.2. The molecule has 186 valence electrons. The molecule has 0 N–H and O–H groups in total. The first-order valence-corrected chi connectivity index (χ1v) is 13.6. The van der Waals surface area contributed by atoms with Crippen molar-refractivity contribution < 1.29 is 4.79 Å². The molecule has 3 heterocycles. The highest BCUT2D eigenvalue weighted by molar-refractivity contribution is 8.00. The number of aryl methyl sites for hydroxylation is 2. The molecule has 3 aromatic carbocycles. The van der Waals surface area contributed by atoms with Crippen LogP contribution in [0.25, 0.3) is 22.1 Å². The summed E-state index contributed by atoms with van der Waals surface area (Å²) in [5.41, 5.74) is 8.85. The van der Waals surface area contributed by atoms with Gasteiger partial charge in [-0.3, -0.25) is 4.79 Å². The summed E-state index contributed by atoms with van der Waals surface area (Å²) in [5.74, 6) is 0.110. The molecule has 1 unspecified atom stereocenters. The highest BCUT2D eigenvalue weighted by Gasteiger charge is 2.26. The molecule has 5 aromatic rings. The molecule has 2 aromatic heterocycles. The Hall–Kier alpha value is -3.71. The van der Waals surface area contributed by atoms with Crippen molar-refractivity contribution in [1.29, 1.82) is 0 Å². The molecule has 0 spiro atoms. The Kier molecular flexibility index (Phi) is 6.16. The summed E-state index contributed by atoms with van der Waals surface area (Å²) < 4.78 is 2.21. The van der Waals surface area contributed by atoms with Gasteiger partial charge in [-0.1, -0.05) is 77.5 Å². The van der Waals surface area contributed by atoms with Gasteiger partial charge in [-0.25, -0.2) is 4.98 Å². The van der Waals surface area contributed by atoms with Crippen molar-refractivity contribution in [3.05, 3.63) is 94.5 Å². The Morgan fingerprint density at radius 3 is 2.54 bits per heavy atom. The van der Waals surface area contributed by atoms with Crippen LogP contribution < -0.4 is 0 Å². The minimum atomic E-state index is -0.304. The number of hydrogen-bond acceptors (Lipinski definition) is 5. The van der Waals surface area contributed by atoms with E-state index in [1.54, 1.807) is 0 Å². The lowest BCUT2D eigenvalue weighted by atomic mass is 10.00. The van der Waals surface area contributed by atoms with E-state index in [4.69, 9.17) is 4.98 Å². The molecule has 0 radical (unpaired) electrons. The Labute approximate surface area is 220 Å². The number of rotatable bonds is 5. The van der Waals surface area contributed by atoms with E-state index in [9.17, 15) is 4.79 Å². The summed E-state index contributed by atoms with van der Waals surface area (Å²) in [4.78, 5) is 20.2. The lowest BCUT2D eigenvalue weighted by Crippen LogP contribution is -2.40. The Morgan fingerprint density at radius 2 is 1.73 bits per heavy atom. The highest BCUT2D eigenvalue weighted by Crippen LogP contribution is 2.30. The maximum atomic E-state index is 13.3. The van der Waals surface area contributed by atoms with E-state index in [-0.39, 0.29) is 11.2 Å². The van der Waals surface area contributed by atoms with Crippen LogP contribution in [0.15, 0.2) is 71.9 Å². The average molecular weight is 508 g/mol. The maximum Gasteiger partial charge on any atom is 0.236 e. The minimum Gasteiger partial charge on any atom is -0.337 e. The van der Waals surface area contributed by atoms with Crippen LogP contribution in [0.3, 0.4) is 0 Å². The van der Waals surface area contributed by atoms with Crippen LogP contribution in [0.1, 0.15) is 34.7 Å². The van der Waals surface area contributed by atoms with Crippen molar-refractivity contribution in [2.24, 2.45) is 0 Å². The average Bonchev–Trinajstić information content (AvgIpc) is 3.21. The molecule has 0 saturated carbocycles. The van der Waals surface area contributed by atoms with Crippen molar-refractivity contribution in [3.63, 3.8) is 0 Å². The number of carbonyl (C=O) groups excluding carboxylic acids is 1. The lowest BCUT2D eigenvalue weighted by molar-refractivity contribution is -0.131. The van der Waals surface area contributed by atoms with Crippen molar-refractivity contribution in [3.8, 4) is 0 Å². The number of carbonyl (C=O) groups is 1. The molecule has 6 rings (SSSR count). The van der Waals surface area contributed by atoms with Crippen molar-refractivity contribution in [2.45, 2.75) is 50.7 Å². The van der Waals surface area contributed by atoms with Crippen LogP contribution in [0.2, 0.25) is 0 Å². The third-order valence-electron chi connectivity index (χ3n) is 7.14. The predicted octanol–water partition coefficient (Wildman–Crippen LogP) is 5.71. The monoisotopic (exact) mass is 507 g/mol. The molecular weight excluding hydrogens is 478 g/mol. The molecule has 0 aliphatic carbocycles. The summed E-state index contributed by atoms with van der Waals surface area (Å²) in [5, 5.41) is 10.3. The molecule has 7 heteroatoms. The summed E-state index contributed by atoms with van der Waals surface area (Å²) in [6.45, 7) is 8.20. The van der Waals surface area contributed by atoms with Gasteiger partial charge in [0, 0.05) is 25.0 Å². The zero-order chi connectivity index (χ0) is 25.5. The van der Waals surface area contributed by atoms with E-state index in [2.05, 4.69) is 89.3 Å². The van der Waals surface area contributed by atoms with Crippen molar-refractivity contribution in [1.82, 2.24) is 24.6 Å². The first kappa shape index (κ1) is 23.7. The fraction of sp³-hybridized carbons (Fsp3) is 0.267. The molecular formula is C30H29N5OS. The molecule has 1 amide bonds. The van der Waals surface area contributed by atoms with Gasteiger partial charge in [-0.2, -0.15) is 0 Å². The number of amides is 1. The zero-order valence-corrected chi connectivity index (χ0v) is 22.1. The summed E-state index contributed by atoms with van der Waals surface area (Å²) >= 11 is 1.38. The molecule has 1 atom stereocenters. The second kappa shape index (κ2) is 9.63. The van der Waals surface area contributed by atoms with Gasteiger partial charge in [0.25, 0.3) is 0 Å². The van der Waals surface area contributed by atoms with Gasteiger partial charge in [-0.05, 0) is 56.0 Å². The predicted molar refractivity (Wildman–Crippen MR) is 149 cm³/mol. The van der Waals surface area contributed by atoms with Crippen molar-refractivity contribution in [2.75, 3.05) is 6.54 Å². The van der Waals surface area contributed by atoms with E-state index >= 15 is 0 Å². The first-order valence-electron chi connectivity index (χ1n) is 12.7. The molecule has 0 saturated heterocycles. The first-order chi connectivity index (χ1) is 18.0. The van der Waals surface area contributed by atoms with Crippen LogP contribution in [-0.2, 0) is 24.3 Å². The van der Waals surface area contributed by atoms with Gasteiger partial charge >= 0.3 is 0 Å². The van der Waals surface area contributed by atoms with Crippen molar-refractivity contribution >= 4 is 39.7 Å². The standard InChI is InChI=1S/C30H29N5OS/c1-19-8-11-22(12-9-19)17-35-26-13-10-20(2)16-25(26)27-28(35)31-30(33-32-27)37-21(3)29(36)34-15-14-23-6-4-5-7-24(23)18-34/h4-13,16,21H,14-15,17-18H2,1-3H3. The van der Waals surface area contributed by atoms with Gasteiger partial charge in [0.15, 0.2) is 5.65 Å². The SMILES string of the molecule is Cc1ccc(Cn2c3ccc(C)cc3c3nnc(SC(C)C(=O)N4CCc5ccccc5C4)nc32)cc1. The Bertz CT molecular complexity index is 1630. The third-order valence-corrected chi connectivity index (χ3v) is 8.08. The van der Waals surface area contributed by atoms with Crippen LogP contribution in [-0.4, -0.2) is 42.4 Å². The number of thioether (sulfide) groups is 1. The topological polar surface area (TPSA) is 63.9 Å². The minimum absolute atomic E-state index is 0.110. The maximum absolute atomic E-state index is 13.3. The summed E-state index contributed by atoms with van der Waals surface area (Å²) in [7, 11) is 0. The van der Waals surface area contributed by atoms with Gasteiger partial charge in [0.2, 0.25) is 11.1 Å². The van der Waals surface area contributed by atoms with Gasteiger partial charge < -0.3 is 9.47 Å². The quantitative estimate of drug-likeness (QED) is 0.285. The molecule has 1 aliphatic rings. The van der Waals surface area contributed by atoms with Gasteiger partial charge in [-0.15, -0.1) is 10.2 Å². The smallest absolute Gasteiger partial charge is 0.236 e. The van der Waals surface area contributed by atoms with Gasteiger partial charge in [0.05, 0.1) is 10.8 Å². The molecule has 6 nitrogen and oxygen atoms in total. The van der Waals surface area contributed by atoms with E-state index < -0.39 is 0 Å². The largest absolute Gasteiger partial charge is 0.337 e. The molecule has 1 aliphatic heterocycles. The third kappa shape index (κ3) is 4.60. The molecule has 0 fully saturated rings. The number of benzene rings is 3. The number of aromatic nitrogens is 4. The Balaban J connectivity index is 1.30. The lowest BCUT2D eigenvalue weighted by Gasteiger charge is -2.30. The van der Waals surface area contributed by atoms with Gasteiger partial charge in [0.1, 0.15) is 5.52 Å². The normalized spacial score (nSPS) is 14.2. The summed E-state index contributed by atoms with van der Waals surface area (Å²) in [6.07, 6.45) is 0.891. The fourth-order valence-electron chi connectivity index (χ4n) is 5.09. The molecule has 37 heavy (non-hydrogen) atoms. The van der Waals surface area contributed by atoms with Crippen LogP contribution >= 0.6 is 11.8 Å². The van der Waals surface area contributed by atoms with Crippen LogP contribution in [0.4, 0.5) is 0 Å².